The third-order valence-electron chi connectivity index (χ3n) is 4.66. The summed E-state index contributed by atoms with van der Waals surface area (Å²) < 4.78 is 6.98. The Balaban J connectivity index is 1.61. The molecule has 1 aliphatic rings. The van der Waals surface area contributed by atoms with E-state index >= 15 is 0 Å². The minimum Gasteiger partial charge on any atom is -0.450 e. The lowest BCUT2D eigenvalue weighted by Crippen LogP contribution is -2.45. The number of nitrogens with one attached hydrogen (secondary N) is 1. The van der Waals surface area contributed by atoms with Crippen molar-refractivity contribution in [1.29, 1.82) is 0 Å². The molecule has 1 saturated heterocycles. The number of carbonyl (C=O) groups excluding carboxylic acids is 1. The largest absolute Gasteiger partial charge is 0.450 e. The molecule has 134 valence electrons. The van der Waals surface area contributed by atoms with Gasteiger partial charge >= 0.3 is 6.09 Å². The number of carbonyl (C=O) groups is 1. The Morgan fingerprint density at radius 1 is 1.32 bits per heavy atom. The van der Waals surface area contributed by atoms with Crippen LogP contribution in [0.15, 0.2) is 42.7 Å². The monoisotopic (exact) mass is 342 g/mol. The predicted molar refractivity (Wildman–Crippen MR) is 96.7 cm³/mol. The predicted octanol–water partition coefficient (Wildman–Crippen LogP) is 3.14. The maximum atomic E-state index is 11.8. The minimum absolute atomic E-state index is 0.196. The second kappa shape index (κ2) is 8.16. The van der Waals surface area contributed by atoms with Gasteiger partial charge in [0.25, 0.3) is 0 Å². The van der Waals surface area contributed by atoms with Gasteiger partial charge < -0.3 is 15.0 Å². The SMILES string of the molecule is CCOC(=O)N1CCC(N[C@H](C)c2ccccc2-n2cccn2)CC1. The summed E-state index contributed by atoms with van der Waals surface area (Å²) >= 11 is 0. The molecule has 6 nitrogen and oxygen atoms in total. The third-order valence-corrected chi connectivity index (χ3v) is 4.66. The molecule has 1 atom stereocenters. The number of amides is 1. The van der Waals surface area contributed by atoms with Crippen molar-refractivity contribution in [2.45, 2.75) is 38.8 Å². The fourth-order valence-electron chi connectivity index (χ4n) is 3.36. The van der Waals surface area contributed by atoms with E-state index in [1.165, 1.54) is 5.56 Å². The highest BCUT2D eigenvalue weighted by Crippen LogP contribution is 2.23. The molecule has 1 amide bonds. The topological polar surface area (TPSA) is 59.4 Å². The van der Waals surface area contributed by atoms with Crippen molar-refractivity contribution in [3.8, 4) is 5.69 Å². The van der Waals surface area contributed by atoms with E-state index in [2.05, 4.69) is 35.5 Å². The van der Waals surface area contributed by atoms with E-state index in [4.69, 9.17) is 4.74 Å². The van der Waals surface area contributed by atoms with Crippen molar-refractivity contribution in [2.24, 2.45) is 0 Å². The van der Waals surface area contributed by atoms with Crippen LogP contribution >= 0.6 is 0 Å². The maximum absolute atomic E-state index is 11.8. The molecule has 1 aromatic carbocycles. The smallest absolute Gasteiger partial charge is 0.409 e. The molecule has 3 rings (SSSR count). The standard InChI is InChI=1S/C19H26N4O2/c1-3-25-19(24)22-13-9-16(10-14-22)21-15(2)17-7-4-5-8-18(17)23-12-6-11-20-23/h4-8,11-12,15-16,21H,3,9-10,13-14H2,1-2H3/t15-/m1/s1. The second-order valence-electron chi connectivity index (χ2n) is 6.36. The fraction of sp³-hybridized carbons (Fsp3) is 0.474. The van der Waals surface area contributed by atoms with E-state index in [9.17, 15) is 4.79 Å². The number of ether oxygens (including phenoxy) is 1. The van der Waals surface area contributed by atoms with Crippen molar-refractivity contribution in [2.75, 3.05) is 19.7 Å². The van der Waals surface area contributed by atoms with Crippen LogP contribution in [0.25, 0.3) is 5.69 Å². The summed E-state index contributed by atoms with van der Waals surface area (Å²) in [6, 6.07) is 10.9. The number of para-hydroxylation sites is 1. The average molecular weight is 342 g/mol. The molecule has 6 heteroatoms. The van der Waals surface area contributed by atoms with Gasteiger partial charge in [-0.2, -0.15) is 5.10 Å². The first-order chi connectivity index (χ1) is 12.2. The minimum atomic E-state index is -0.196. The van der Waals surface area contributed by atoms with Crippen LogP contribution in [0.2, 0.25) is 0 Å². The van der Waals surface area contributed by atoms with Gasteiger partial charge in [0, 0.05) is 37.6 Å². The van der Waals surface area contributed by atoms with Crippen molar-refractivity contribution < 1.29 is 9.53 Å². The van der Waals surface area contributed by atoms with E-state index in [0.29, 0.717) is 12.6 Å². The van der Waals surface area contributed by atoms with Crippen LogP contribution < -0.4 is 5.32 Å². The number of nitrogens with zero attached hydrogens (tertiary/aromatic N) is 3. The molecule has 0 saturated carbocycles. The second-order valence-corrected chi connectivity index (χ2v) is 6.36. The van der Waals surface area contributed by atoms with Gasteiger partial charge in [0.15, 0.2) is 0 Å². The molecule has 1 aliphatic heterocycles. The Kier molecular flexibility index (Phi) is 5.71. The Morgan fingerprint density at radius 3 is 2.76 bits per heavy atom. The molecule has 1 N–H and O–H groups in total. The van der Waals surface area contributed by atoms with Crippen LogP contribution in [-0.2, 0) is 4.74 Å². The zero-order valence-electron chi connectivity index (χ0n) is 14.9. The molecular weight excluding hydrogens is 316 g/mol. The first-order valence-electron chi connectivity index (χ1n) is 8.95. The molecule has 0 spiro atoms. The number of rotatable bonds is 5. The lowest BCUT2D eigenvalue weighted by molar-refractivity contribution is 0.0944. The highest BCUT2D eigenvalue weighted by atomic mass is 16.6. The molecule has 1 aromatic heterocycles. The van der Waals surface area contributed by atoms with Gasteiger partial charge in [-0.1, -0.05) is 18.2 Å². The molecule has 1 fully saturated rings. The molecule has 0 bridgehead atoms. The summed E-state index contributed by atoms with van der Waals surface area (Å²) in [7, 11) is 0. The number of hydrogen-bond acceptors (Lipinski definition) is 4. The Bertz CT molecular complexity index is 678. The summed E-state index contributed by atoms with van der Waals surface area (Å²) in [5, 5.41) is 8.06. The van der Waals surface area contributed by atoms with Gasteiger partial charge in [0.1, 0.15) is 0 Å². The van der Waals surface area contributed by atoms with E-state index < -0.39 is 0 Å². The van der Waals surface area contributed by atoms with Crippen molar-refractivity contribution >= 4 is 6.09 Å². The lowest BCUT2D eigenvalue weighted by Gasteiger charge is -2.33. The molecule has 0 aliphatic carbocycles. The summed E-state index contributed by atoms with van der Waals surface area (Å²) in [4.78, 5) is 13.6. The molecule has 2 heterocycles. The van der Waals surface area contributed by atoms with Crippen LogP contribution in [-0.4, -0.2) is 46.5 Å². The third kappa shape index (κ3) is 4.20. The lowest BCUT2D eigenvalue weighted by atomic mass is 10.0. The van der Waals surface area contributed by atoms with E-state index in [1.807, 2.05) is 29.9 Å². The van der Waals surface area contributed by atoms with Crippen LogP contribution in [0.4, 0.5) is 4.79 Å². The van der Waals surface area contributed by atoms with Gasteiger partial charge in [0.2, 0.25) is 0 Å². The quantitative estimate of drug-likeness (QED) is 0.907. The van der Waals surface area contributed by atoms with Crippen molar-refractivity contribution in [1.82, 2.24) is 20.0 Å². The fourth-order valence-corrected chi connectivity index (χ4v) is 3.36. The van der Waals surface area contributed by atoms with E-state index in [1.54, 1.807) is 11.1 Å². The summed E-state index contributed by atoms with van der Waals surface area (Å²) in [6.07, 6.45) is 5.43. The summed E-state index contributed by atoms with van der Waals surface area (Å²) in [5.74, 6) is 0. The van der Waals surface area contributed by atoms with E-state index in [0.717, 1.165) is 31.6 Å². The number of likely N-dealkylation sites (tertiary alicyclic amines) is 1. The zero-order chi connectivity index (χ0) is 17.6. The molecule has 2 aromatic rings. The maximum Gasteiger partial charge on any atom is 0.409 e. The van der Waals surface area contributed by atoms with Crippen molar-refractivity contribution in [3.63, 3.8) is 0 Å². The first kappa shape index (κ1) is 17.5. The van der Waals surface area contributed by atoms with Gasteiger partial charge in [0.05, 0.1) is 12.3 Å². The van der Waals surface area contributed by atoms with Gasteiger partial charge in [-0.05, 0) is 44.4 Å². The Labute approximate surface area is 148 Å². The van der Waals surface area contributed by atoms with Crippen LogP contribution in [0.5, 0.6) is 0 Å². The number of aromatic nitrogens is 2. The van der Waals surface area contributed by atoms with Crippen LogP contribution in [0.1, 0.15) is 38.3 Å². The summed E-state index contributed by atoms with van der Waals surface area (Å²) in [6.45, 7) is 5.93. The van der Waals surface area contributed by atoms with Crippen LogP contribution in [0, 0.1) is 0 Å². The number of piperidine rings is 1. The molecular formula is C19H26N4O2. The van der Waals surface area contributed by atoms with Gasteiger partial charge in [-0.25, -0.2) is 9.48 Å². The normalized spacial score (nSPS) is 16.6. The first-order valence-corrected chi connectivity index (χ1v) is 8.95. The highest BCUT2D eigenvalue weighted by Gasteiger charge is 2.25. The highest BCUT2D eigenvalue weighted by molar-refractivity contribution is 5.67. The van der Waals surface area contributed by atoms with Crippen LogP contribution in [0.3, 0.4) is 0 Å². The molecule has 0 unspecified atom stereocenters. The zero-order valence-corrected chi connectivity index (χ0v) is 14.9. The number of hydrogen-bond donors (Lipinski definition) is 1. The molecule has 0 radical (unpaired) electrons. The average Bonchev–Trinajstić information content (AvgIpc) is 3.17. The number of benzene rings is 1. The van der Waals surface area contributed by atoms with Gasteiger partial charge in [-0.3, -0.25) is 0 Å². The van der Waals surface area contributed by atoms with Gasteiger partial charge in [-0.15, -0.1) is 0 Å². The Hall–Kier alpha value is -2.34. The Morgan fingerprint density at radius 2 is 2.08 bits per heavy atom. The molecule has 25 heavy (non-hydrogen) atoms. The van der Waals surface area contributed by atoms with Crippen molar-refractivity contribution in [3.05, 3.63) is 48.3 Å². The van der Waals surface area contributed by atoms with E-state index in [-0.39, 0.29) is 12.1 Å². The summed E-state index contributed by atoms with van der Waals surface area (Å²) in [5.41, 5.74) is 2.32.